The standard InChI is InChI=1S/C99H47NS4/c1-4-6-8-10-18-29-25-31(20-14-17-28-15-12-13-16-28)101-95(29)34-23-21-32(102-34)33-22-24-35(103-33)96-30(19-11-9-7-5-2)26-36(104-96)97-99-93-87-81-71-59-51-43-39-37-38-41-45(43)53(59)63-57-49(41)50-42(38)46-44-40(37)48-47(39)55-61(51)69-75-65(55)66-56(48)62-52(44)60-54(46)64-58(50)68-67(57)79(73(63)81)89(93)90-80(68)74(64)82-72(60)78-70(62)76(66)84-83(75)91(85(87)77(69)71)98(99,27-100(97)3)92(84)86(78)88(82)94(90)99/h12-13,15,21-26,97H,4-11,14,17-20,27H2,1-3H3. The third-order valence-electron chi connectivity index (χ3n) is 32.9. The van der Waals surface area contributed by atoms with Gasteiger partial charge in [0.1, 0.15) is 0 Å². The van der Waals surface area contributed by atoms with Crippen LogP contribution in [0.4, 0.5) is 0 Å². The number of likely N-dealkylation sites (N-methyl/N-ethyl adjacent to an activating group) is 1. The second-order valence-electron chi connectivity index (χ2n) is 35.8. The number of hydrogen-bond donors (Lipinski definition) is 0. The first-order valence-electron chi connectivity index (χ1n) is 39.6. The van der Waals surface area contributed by atoms with Gasteiger partial charge in [0.25, 0.3) is 0 Å². The van der Waals surface area contributed by atoms with Gasteiger partial charge in [0.05, 0.1) is 16.9 Å². The summed E-state index contributed by atoms with van der Waals surface area (Å²) in [6.07, 6.45) is 22.5. The molecule has 28 aromatic carbocycles. The third kappa shape index (κ3) is 3.63. The summed E-state index contributed by atoms with van der Waals surface area (Å²) in [4.78, 5) is 15.1. The Bertz CT molecular complexity index is 9120. The van der Waals surface area contributed by atoms with Crippen molar-refractivity contribution in [3.8, 4) is 29.3 Å². The van der Waals surface area contributed by atoms with Crippen LogP contribution in [0, 0.1) is 0 Å². The minimum Gasteiger partial charge on any atom is -0.296 e. The van der Waals surface area contributed by atoms with Crippen LogP contribution in [0.5, 0.6) is 0 Å². The maximum Gasteiger partial charge on any atom is 0.0591 e. The molecule has 104 heavy (non-hydrogen) atoms. The van der Waals surface area contributed by atoms with Crippen molar-refractivity contribution in [3.05, 3.63) is 109 Å². The Morgan fingerprint density at radius 2 is 0.663 bits per heavy atom. The van der Waals surface area contributed by atoms with Crippen molar-refractivity contribution in [3.63, 3.8) is 0 Å². The van der Waals surface area contributed by atoms with Crippen molar-refractivity contribution in [1.82, 2.24) is 4.90 Å². The average Bonchev–Trinajstić information content (AvgIpc) is 1.38. The minimum absolute atomic E-state index is 0.131. The average molecular weight is 1380 g/mol. The Hall–Kier alpha value is -9.52. The van der Waals surface area contributed by atoms with Crippen molar-refractivity contribution in [2.75, 3.05) is 13.6 Å². The van der Waals surface area contributed by atoms with E-state index in [2.05, 4.69) is 131 Å². The van der Waals surface area contributed by atoms with Gasteiger partial charge in [-0.15, -0.1) is 51.1 Å². The quantitative estimate of drug-likeness (QED) is 0.0470. The Morgan fingerprint density at radius 1 is 0.337 bits per heavy atom. The van der Waals surface area contributed by atoms with E-state index in [1.54, 1.807) is 339 Å². The first kappa shape index (κ1) is 48.5. The molecule has 1 fully saturated rings. The molecule has 472 valence electrons. The largest absolute Gasteiger partial charge is 0.296 e. The van der Waals surface area contributed by atoms with E-state index in [1.807, 2.05) is 0 Å². The van der Waals surface area contributed by atoms with Gasteiger partial charge in [0.15, 0.2) is 0 Å². The number of likely N-dealkylation sites (tertiary alicyclic amines) is 1. The van der Waals surface area contributed by atoms with Crippen LogP contribution < -0.4 is 0 Å². The van der Waals surface area contributed by atoms with Gasteiger partial charge in [-0.05, 0) is 424 Å². The molecular weight excluding hydrogens is 1330 g/mol. The number of hydrogen-bond acceptors (Lipinski definition) is 5. The normalized spacial score (nSPS) is 20.5. The van der Waals surface area contributed by atoms with E-state index < -0.39 is 0 Å². The lowest BCUT2D eigenvalue weighted by Crippen LogP contribution is -2.51. The lowest BCUT2D eigenvalue weighted by molar-refractivity contribution is 0.276. The van der Waals surface area contributed by atoms with Crippen molar-refractivity contribution in [1.29, 1.82) is 0 Å². The van der Waals surface area contributed by atoms with Crippen LogP contribution in [0.2, 0.25) is 0 Å². The SMILES string of the molecule is CCCCCCc1cc(CCCC2=C=CC=C2)sc1-c1ccc(-c2ccc(-c3sc(C4N(C)CC56c7c8c9c%10c%11c%12c(c%13c%14c5c5c7c7c%15c8c8c9c9c%11c%11c%16c%12c%12c%13c%13c%14c%14c5c5c7c7c%15c%15c8c8c9c%11c9c%11c%16c%12c%12c%13c%13c%14c5c5c7c7c%15c8c9c8c%11c%12c%13c5c78)C%1046)cc3CCCCCC)s2)s1. The maximum atomic E-state index is 3.46. The summed E-state index contributed by atoms with van der Waals surface area (Å²) in [7, 11) is 2.67. The maximum absolute atomic E-state index is 3.46. The zero-order chi connectivity index (χ0) is 64.8. The molecule has 0 bridgehead atoms. The second-order valence-corrected chi connectivity index (χ2v) is 40.2. The number of thiophene rings is 4. The Kier molecular flexibility index (Phi) is 6.29. The summed E-state index contributed by atoms with van der Waals surface area (Å²) in [5.74, 6) is 0. The van der Waals surface area contributed by atoms with E-state index in [9.17, 15) is 0 Å². The van der Waals surface area contributed by atoms with Crippen LogP contribution in [0.25, 0.3) is 320 Å². The van der Waals surface area contributed by atoms with Crippen LogP contribution in [0.1, 0.15) is 127 Å². The first-order chi connectivity index (χ1) is 51.6. The number of benzene rings is 18. The van der Waals surface area contributed by atoms with Crippen LogP contribution >= 0.6 is 45.3 Å². The lowest BCUT2D eigenvalue weighted by Gasteiger charge is -2.52. The predicted octanol–water partition coefficient (Wildman–Crippen LogP) is 29.4. The fourth-order valence-corrected chi connectivity index (χ4v) is 36.2. The van der Waals surface area contributed by atoms with E-state index in [4.69, 9.17) is 0 Å². The number of allylic oxidation sites excluding steroid dienone is 3. The molecule has 1 saturated heterocycles. The van der Waals surface area contributed by atoms with Gasteiger partial charge in [-0.2, -0.15) is 0 Å². The monoisotopic (exact) mass is 1380 g/mol. The van der Waals surface area contributed by atoms with E-state index in [1.165, 1.54) is 94.2 Å². The fourth-order valence-electron chi connectivity index (χ4n) is 31.1. The number of nitrogens with zero attached hydrogens (tertiary/aromatic N) is 1. The lowest BCUT2D eigenvalue weighted by atomic mass is 9.48. The van der Waals surface area contributed by atoms with E-state index in [0.717, 1.165) is 25.8 Å². The Labute approximate surface area is 602 Å². The van der Waals surface area contributed by atoms with Crippen LogP contribution in [-0.4, -0.2) is 18.5 Å². The molecular formula is C99H47NS4. The van der Waals surface area contributed by atoms with Crippen molar-refractivity contribution in [2.24, 2.45) is 0 Å². The molecule has 0 N–H and O–H groups in total. The van der Waals surface area contributed by atoms with Gasteiger partial charge in [0.2, 0.25) is 0 Å². The highest BCUT2D eigenvalue weighted by Gasteiger charge is 2.76. The molecule has 2 spiro atoms. The molecule has 1 unspecified atom stereocenters. The number of unbranched alkanes of at least 4 members (excludes halogenated alkanes) is 6. The molecule has 32 aromatic rings. The van der Waals surface area contributed by atoms with Gasteiger partial charge in [0, 0.05) is 45.6 Å². The minimum atomic E-state index is -0.374. The smallest absolute Gasteiger partial charge is 0.0591 e. The van der Waals surface area contributed by atoms with Crippen molar-refractivity contribution in [2.45, 2.75) is 114 Å². The van der Waals surface area contributed by atoms with Crippen LogP contribution in [0.3, 0.4) is 0 Å². The molecule has 6 aliphatic rings. The van der Waals surface area contributed by atoms with Gasteiger partial charge >= 0.3 is 0 Å². The molecule has 5 aliphatic carbocycles. The summed E-state index contributed by atoms with van der Waals surface area (Å²) < 4.78 is 0. The van der Waals surface area contributed by atoms with Crippen molar-refractivity contribution >= 4 is 336 Å². The summed E-state index contributed by atoms with van der Waals surface area (Å²) in [5.41, 5.74) is 14.5. The molecule has 1 nitrogen and oxygen atoms in total. The molecule has 0 radical (unpaired) electrons. The predicted molar refractivity (Wildman–Crippen MR) is 453 cm³/mol. The van der Waals surface area contributed by atoms with Crippen molar-refractivity contribution < 1.29 is 0 Å². The van der Waals surface area contributed by atoms with E-state index in [0.29, 0.717) is 0 Å². The number of rotatable bonds is 18. The topological polar surface area (TPSA) is 3.24 Å². The van der Waals surface area contributed by atoms with Gasteiger partial charge in [-0.3, -0.25) is 4.90 Å². The van der Waals surface area contributed by atoms with Gasteiger partial charge < -0.3 is 0 Å². The summed E-state index contributed by atoms with van der Waals surface area (Å²) >= 11 is 8.49. The first-order valence-corrected chi connectivity index (χ1v) is 42.9. The highest BCUT2D eigenvalue weighted by atomic mass is 32.1. The molecule has 1 atom stereocenters. The van der Waals surface area contributed by atoms with Crippen LogP contribution in [-0.2, 0) is 30.1 Å². The molecule has 5 heterocycles. The van der Waals surface area contributed by atoms with E-state index >= 15 is 0 Å². The van der Waals surface area contributed by atoms with Crippen LogP contribution in [0.15, 0.2) is 65.9 Å². The van der Waals surface area contributed by atoms with Gasteiger partial charge in [-0.1, -0.05) is 64.5 Å². The summed E-state index contributed by atoms with van der Waals surface area (Å²) in [5, 5.41) is 90.9. The summed E-state index contributed by atoms with van der Waals surface area (Å²) in [6.45, 7) is 5.78. The highest BCUT2D eigenvalue weighted by molar-refractivity contribution is 7.28. The summed E-state index contributed by atoms with van der Waals surface area (Å²) in [6, 6.07) is 15.7. The third-order valence-corrected chi connectivity index (χ3v) is 38.1. The highest BCUT2D eigenvalue weighted by Crippen LogP contribution is 2.87. The zero-order valence-electron chi connectivity index (χ0n) is 56.8. The Balaban J connectivity index is 0.676. The van der Waals surface area contributed by atoms with Gasteiger partial charge in [-0.25, -0.2) is 0 Å². The second kappa shape index (κ2) is 13.5. The molecule has 1 aliphatic heterocycles. The molecule has 4 aromatic heterocycles. The number of aryl methyl sites for hydroxylation is 3. The molecule has 38 rings (SSSR count). The molecule has 0 saturated carbocycles. The van der Waals surface area contributed by atoms with E-state index in [-0.39, 0.29) is 16.9 Å². The fraction of sp³-hybridized carbons (Fsp3) is 0.202. The molecule has 5 heteroatoms. The Morgan fingerprint density at radius 3 is 1.01 bits per heavy atom. The zero-order valence-corrected chi connectivity index (χ0v) is 60.0. The molecule has 0 amide bonds.